The number of hydrogen-bond donors (Lipinski definition) is 0. The lowest BCUT2D eigenvalue weighted by Crippen LogP contribution is -2.56. The summed E-state index contributed by atoms with van der Waals surface area (Å²) in [6, 6.07) is 2.46. The Morgan fingerprint density at radius 2 is 1.92 bits per heavy atom. The highest BCUT2D eigenvalue weighted by molar-refractivity contribution is 5.13. The number of hydrogen-bond acceptors (Lipinski definition) is 3. The van der Waals surface area contributed by atoms with E-state index < -0.39 is 0 Å². The van der Waals surface area contributed by atoms with Gasteiger partial charge in [0.1, 0.15) is 5.54 Å². The first kappa shape index (κ1) is 8.03. The molecular formula is C9H14N2O. The molecule has 66 valence electrons. The highest BCUT2D eigenvalue weighted by Gasteiger charge is 2.43. The molecule has 3 nitrogen and oxygen atoms in total. The number of nitrogens with zero attached hydrogens (tertiary/aromatic N) is 2. The summed E-state index contributed by atoms with van der Waals surface area (Å²) in [7, 11) is 0. The lowest BCUT2D eigenvalue weighted by Gasteiger charge is -2.46. The number of rotatable bonds is 1. The Hall–Kier alpha value is -0.590. The van der Waals surface area contributed by atoms with Gasteiger partial charge in [0, 0.05) is 13.1 Å². The fourth-order valence-electron chi connectivity index (χ4n) is 2.00. The van der Waals surface area contributed by atoms with Crippen molar-refractivity contribution in [3.8, 4) is 6.07 Å². The lowest BCUT2D eigenvalue weighted by atomic mass is 9.76. The maximum atomic E-state index is 9.06. The normalized spacial score (nSPS) is 28.9. The van der Waals surface area contributed by atoms with Crippen molar-refractivity contribution in [2.45, 2.75) is 24.8 Å². The molecule has 2 fully saturated rings. The molecular weight excluding hydrogens is 152 g/mol. The summed E-state index contributed by atoms with van der Waals surface area (Å²) in [5, 5.41) is 9.06. The van der Waals surface area contributed by atoms with Crippen molar-refractivity contribution < 1.29 is 4.74 Å². The van der Waals surface area contributed by atoms with Gasteiger partial charge in [0.25, 0.3) is 0 Å². The third kappa shape index (κ3) is 1.12. The summed E-state index contributed by atoms with van der Waals surface area (Å²) >= 11 is 0. The lowest BCUT2D eigenvalue weighted by molar-refractivity contribution is -0.0295. The molecule has 1 saturated heterocycles. The summed E-state index contributed by atoms with van der Waals surface area (Å²) < 4.78 is 5.26. The van der Waals surface area contributed by atoms with Crippen LogP contribution in [0.2, 0.25) is 0 Å². The van der Waals surface area contributed by atoms with Crippen molar-refractivity contribution >= 4 is 0 Å². The molecule has 0 atom stereocenters. The van der Waals surface area contributed by atoms with Crippen molar-refractivity contribution in [3.63, 3.8) is 0 Å². The SMILES string of the molecule is N#CC1(N2CCOCC2)CCC1. The van der Waals surface area contributed by atoms with E-state index in [9.17, 15) is 0 Å². The predicted molar refractivity (Wildman–Crippen MR) is 44.6 cm³/mol. The Kier molecular flexibility index (Phi) is 2.03. The maximum absolute atomic E-state index is 9.06. The highest BCUT2D eigenvalue weighted by Crippen LogP contribution is 2.37. The molecule has 12 heavy (non-hydrogen) atoms. The van der Waals surface area contributed by atoms with Crippen LogP contribution >= 0.6 is 0 Å². The predicted octanol–water partition coefficient (Wildman–Crippen LogP) is 0.765. The van der Waals surface area contributed by atoms with Crippen LogP contribution in [-0.4, -0.2) is 36.7 Å². The van der Waals surface area contributed by atoms with Crippen molar-refractivity contribution in [2.75, 3.05) is 26.3 Å². The van der Waals surface area contributed by atoms with Crippen LogP contribution < -0.4 is 0 Å². The molecule has 0 spiro atoms. The minimum atomic E-state index is -0.107. The van der Waals surface area contributed by atoms with Crippen LogP contribution in [0.4, 0.5) is 0 Å². The van der Waals surface area contributed by atoms with E-state index in [4.69, 9.17) is 10.00 Å². The van der Waals surface area contributed by atoms with Gasteiger partial charge in [0.05, 0.1) is 19.3 Å². The van der Waals surface area contributed by atoms with E-state index in [0.717, 1.165) is 39.1 Å². The average molecular weight is 166 g/mol. The Labute approximate surface area is 72.9 Å². The second kappa shape index (κ2) is 3.04. The van der Waals surface area contributed by atoms with Gasteiger partial charge < -0.3 is 4.74 Å². The highest BCUT2D eigenvalue weighted by atomic mass is 16.5. The molecule has 0 radical (unpaired) electrons. The minimum absolute atomic E-state index is 0.107. The maximum Gasteiger partial charge on any atom is 0.109 e. The van der Waals surface area contributed by atoms with Gasteiger partial charge in [-0.2, -0.15) is 5.26 Å². The second-order valence-corrected chi connectivity index (χ2v) is 3.60. The number of ether oxygens (including phenoxy) is 1. The summed E-state index contributed by atoms with van der Waals surface area (Å²) in [4.78, 5) is 2.29. The summed E-state index contributed by atoms with van der Waals surface area (Å²) in [6.45, 7) is 3.47. The van der Waals surface area contributed by atoms with E-state index in [1.54, 1.807) is 0 Å². The first-order chi connectivity index (χ1) is 5.87. The van der Waals surface area contributed by atoms with Gasteiger partial charge in [-0.15, -0.1) is 0 Å². The molecule has 3 heteroatoms. The zero-order valence-corrected chi connectivity index (χ0v) is 7.25. The van der Waals surface area contributed by atoms with Crippen molar-refractivity contribution in [1.29, 1.82) is 5.26 Å². The van der Waals surface area contributed by atoms with Crippen LogP contribution in [0.25, 0.3) is 0 Å². The van der Waals surface area contributed by atoms with E-state index in [-0.39, 0.29) is 5.54 Å². The molecule has 0 aromatic carbocycles. The molecule has 0 amide bonds. The molecule has 2 aliphatic rings. The quantitative estimate of drug-likeness (QED) is 0.577. The molecule has 1 heterocycles. The molecule has 0 N–H and O–H groups in total. The van der Waals surface area contributed by atoms with Crippen LogP contribution in [-0.2, 0) is 4.74 Å². The molecule has 1 saturated carbocycles. The van der Waals surface area contributed by atoms with Crippen molar-refractivity contribution in [3.05, 3.63) is 0 Å². The Morgan fingerprint density at radius 1 is 1.25 bits per heavy atom. The standard InChI is InChI=1S/C9H14N2O/c10-8-9(2-1-3-9)11-4-6-12-7-5-11/h1-7H2. The Balaban J connectivity index is 2.01. The first-order valence-electron chi connectivity index (χ1n) is 4.61. The van der Waals surface area contributed by atoms with Crippen LogP contribution in [0.1, 0.15) is 19.3 Å². The van der Waals surface area contributed by atoms with E-state index >= 15 is 0 Å². The summed E-state index contributed by atoms with van der Waals surface area (Å²) in [6.07, 6.45) is 3.33. The topological polar surface area (TPSA) is 36.3 Å². The molecule has 0 aromatic heterocycles. The van der Waals surface area contributed by atoms with Gasteiger partial charge in [0.15, 0.2) is 0 Å². The van der Waals surface area contributed by atoms with Gasteiger partial charge in [-0.25, -0.2) is 0 Å². The van der Waals surface area contributed by atoms with E-state index in [0.29, 0.717) is 0 Å². The van der Waals surface area contributed by atoms with Crippen LogP contribution in [0.15, 0.2) is 0 Å². The fourth-order valence-corrected chi connectivity index (χ4v) is 2.00. The third-order valence-electron chi connectivity index (χ3n) is 3.01. The average Bonchev–Trinajstić information content (AvgIpc) is 2.05. The monoisotopic (exact) mass is 166 g/mol. The molecule has 1 aliphatic heterocycles. The van der Waals surface area contributed by atoms with Gasteiger partial charge in [-0.05, 0) is 19.3 Å². The van der Waals surface area contributed by atoms with E-state index in [1.165, 1.54) is 6.42 Å². The van der Waals surface area contributed by atoms with E-state index in [2.05, 4.69) is 11.0 Å². The molecule has 0 bridgehead atoms. The van der Waals surface area contributed by atoms with Gasteiger partial charge in [0.2, 0.25) is 0 Å². The third-order valence-corrected chi connectivity index (χ3v) is 3.01. The van der Waals surface area contributed by atoms with Gasteiger partial charge in [-0.1, -0.05) is 0 Å². The Bertz CT molecular complexity index is 199. The smallest absolute Gasteiger partial charge is 0.109 e. The largest absolute Gasteiger partial charge is 0.379 e. The minimum Gasteiger partial charge on any atom is -0.379 e. The fraction of sp³-hybridized carbons (Fsp3) is 0.889. The summed E-state index contributed by atoms with van der Waals surface area (Å²) in [5.74, 6) is 0. The molecule has 1 aliphatic carbocycles. The van der Waals surface area contributed by atoms with Crippen molar-refractivity contribution in [2.24, 2.45) is 0 Å². The summed E-state index contributed by atoms with van der Waals surface area (Å²) in [5.41, 5.74) is -0.107. The van der Waals surface area contributed by atoms with Crippen LogP contribution in [0.3, 0.4) is 0 Å². The molecule has 0 unspecified atom stereocenters. The van der Waals surface area contributed by atoms with Gasteiger partial charge >= 0.3 is 0 Å². The van der Waals surface area contributed by atoms with E-state index in [1.807, 2.05) is 0 Å². The first-order valence-corrected chi connectivity index (χ1v) is 4.61. The second-order valence-electron chi connectivity index (χ2n) is 3.60. The zero-order chi connectivity index (χ0) is 8.44. The zero-order valence-electron chi connectivity index (χ0n) is 7.25. The van der Waals surface area contributed by atoms with Gasteiger partial charge in [-0.3, -0.25) is 4.90 Å². The Morgan fingerprint density at radius 3 is 2.33 bits per heavy atom. The van der Waals surface area contributed by atoms with Crippen molar-refractivity contribution in [1.82, 2.24) is 4.90 Å². The molecule has 0 aromatic rings. The van der Waals surface area contributed by atoms with Crippen LogP contribution in [0, 0.1) is 11.3 Å². The molecule has 2 rings (SSSR count). The number of nitriles is 1. The number of morpholine rings is 1. The van der Waals surface area contributed by atoms with Crippen LogP contribution in [0.5, 0.6) is 0 Å².